The van der Waals surface area contributed by atoms with Gasteiger partial charge in [-0.2, -0.15) is 52.7 Å². The van der Waals surface area contributed by atoms with Crippen molar-refractivity contribution in [1.29, 1.82) is 0 Å². The summed E-state index contributed by atoms with van der Waals surface area (Å²) < 4.78 is 156. The van der Waals surface area contributed by atoms with Crippen molar-refractivity contribution in [3.8, 4) is 11.1 Å². The van der Waals surface area contributed by atoms with Gasteiger partial charge in [0.25, 0.3) is 5.91 Å². The Bertz CT molecular complexity index is 1920. The van der Waals surface area contributed by atoms with Gasteiger partial charge in [0.2, 0.25) is 0 Å². The number of nitrogens with zero attached hydrogens (tertiary/aromatic N) is 2. The van der Waals surface area contributed by atoms with Gasteiger partial charge in [-0.1, -0.05) is 55.8 Å². The van der Waals surface area contributed by atoms with E-state index in [1.165, 1.54) is 6.20 Å². The average Bonchev–Trinajstić information content (AvgIpc) is 3.13. The van der Waals surface area contributed by atoms with Gasteiger partial charge < -0.3 is 20.4 Å². The van der Waals surface area contributed by atoms with Crippen LogP contribution in [-0.2, 0) is 37.8 Å². The Hall–Kier alpha value is -4.39. The van der Waals surface area contributed by atoms with Gasteiger partial charge in [0.1, 0.15) is 5.15 Å². The van der Waals surface area contributed by atoms with Crippen LogP contribution in [0.4, 0.5) is 52.7 Å². The van der Waals surface area contributed by atoms with Crippen LogP contribution < -0.4 is 5.32 Å². The summed E-state index contributed by atoms with van der Waals surface area (Å²) in [5.74, 6) is -1.42. The van der Waals surface area contributed by atoms with E-state index in [-0.39, 0.29) is 72.7 Å². The highest BCUT2D eigenvalue weighted by molar-refractivity contribution is 6.33. The molecule has 58 heavy (non-hydrogen) atoms. The number of pyridine rings is 1. The molecule has 0 saturated carbocycles. The molecule has 19 heteroatoms. The molecule has 0 radical (unpaired) electrons. The third-order valence-electron chi connectivity index (χ3n) is 8.43. The van der Waals surface area contributed by atoms with E-state index in [1.807, 2.05) is 0 Å². The van der Waals surface area contributed by atoms with Crippen LogP contribution in [0.5, 0.6) is 0 Å². The zero-order chi connectivity index (χ0) is 43.8. The van der Waals surface area contributed by atoms with Gasteiger partial charge in [0.15, 0.2) is 0 Å². The highest BCUT2D eigenvalue weighted by atomic mass is 35.5. The lowest BCUT2D eigenvalue weighted by Crippen LogP contribution is -2.36. The number of rotatable bonds is 12. The highest BCUT2D eigenvalue weighted by Gasteiger charge is 2.38. The Morgan fingerprint density at radius 2 is 1.17 bits per heavy atom. The number of alkyl halides is 12. The van der Waals surface area contributed by atoms with Gasteiger partial charge in [-0.05, 0) is 77.4 Å². The van der Waals surface area contributed by atoms with E-state index < -0.39 is 65.3 Å². The second-order valence-corrected chi connectivity index (χ2v) is 13.9. The third kappa shape index (κ3) is 13.6. The van der Waals surface area contributed by atoms with Gasteiger partial charge in [0, 0.05) is 51.2 Å². The highest BCUT2D eigenvalue weighted by Crippen LogP contribution is 2.39. The zero-order valence-corrected chi connectivity index (χ0v) is 31.7. The number of aliphatic hydroxyl groups is 2. The summed E-state index contributed by atoms with van der Waals surface area (Å²) in [6, 6.07) is 11.4. The van der Waals surface area contributed by atoms with E-state index in [0.717, 1.165) is 4.90 Å². The molecule has 3 aromatic carbocycles. The number of hydrogen-bond donors (Lipinski definition) is 3. The molecule has 0 aliphatic rings. The quantitative estimate of drug-likeness (QED) is 0.0976. The fraction of sp³-hybridized carbons (Fsp3) is 0.385. The minimum absolute atomic E-state index is 0.0286. The topological polar surface area (TPSA) is 85.7 Å². The molecule has 4 aromatic rings. The maximum Gasteiger partial charge on any atom is 0.416 e. The molecule has 2 atom stereocenters. The fourth-order valence-corrected chi connectivity index (χ4v) is 5.77. The molecular formula is C39H38ClF12N3O3. The van der Waals surface area contributed by atoms with Crippen molar-refractivity contribution < 1.29 is 67.7 Å². The largest absolute Gasteiger partial charge is 0.416 e. The maximum atomic E-state index is 13.8. The van der Waals surface area contributed by atoms with Crippen molar-refractivity contribution in [2.45, 2.75) is 58.6 Å². The van der Waals surface area contributed by atoms with Crippen LogP contribution in [-0.4, -0.2) is 52.3 Å². The van der Waals surface area contributed by atoms with Crippen LogP contribution >= 0.6 is 11.6 Å². The first-order valence-electron chi connectivity index (χ1n) is 17.2. The standard InChI is InChI=1S/C26H23ClF6N2O2.C13H15F6NO/c1-15(14-36)12-35(13-17-8-19(25(28,29)30)10-20(9-17)26(31,32)33)24(37)22-21(16(2)11-34-23(22)27)18-6-4-3-5-7-18;1-8(7-21)5-20-6-9-2-10(12(14,15)16)4-11(3-9)13(17,18)19/h3-11,15,36H,12-14H2,1-2H3;2-4,8,20-21H,5-7H2,1H3/t15-;8-/m11/s1. The molecule has 0 unspecified atom stereocenters. The summed E-state index contributed by atoms with van der Waals surface area (Å²) in [5, 5.41) is 20.9. The molecule has 1 heterocycles. The van der Waals surface area contributed by atoms with Crippen molar-refractivity contribution in [2.75, 3.05) is 26.3 Å². The van der Waals surface area contributed by atoms with E-state index in [4.69, 9.17) is 16.7 Å². The van der Waals surface area contributed by atoms with Gasteiger partial charge >= 0.3 is 24.7 Å². The molecule has 6 nitrogen and oxygen atoms in total. The molecule has 0 fully saturated rings. The van der Waals surface area contributed by atoms with Gasteiger partial charge in [-0.15, -0.1) is 0 Å². The predicted molar refractivity (Wildman–Crippen MR) is 191 cm³/mol. The van der Waals surface area contributed by atoms with Crippen LogP contribution in [0, 0.1) is 18.8 Å². The molecule has 0 aliphatic carbocycles. The molecule has 1 aromatic heterocycles. The van der Waals surface area contributed by atoms with Crippen molar-refractivity contribution in [1.82, 2.24) is 15.2 Å². The Balaban J connectivity index is 0.000000364. The number of carbonyl (C=O) groups is 1. The lowest BCUT2D eigenvalue weighted by molar-refractivity contribution is -0.144. The number of aliphatic hydroxyl groups excluding tert-OH is 2. The third-order valence-corrected chi connectivity index (χ3v) is 8.72. The number of amides is 1. The molecule has 3 N–H and O–H groups in total. The number of carbonyl (C=O) groups excluding carboxylic acids is 1. The maximum absolute atomic E-state index is 13.8. The number of aryl methyl sites for hydroxylation is 1. The van der Waals surface area contributed by atoms with E-state index in [0.29, 0.717) is 41.0 Å². The monoisotopic (exact) mass is 859 g/mol. The number of benzene rings is 3. The molecule has 0 bridgehead atoms. The van der Waals surface area contributed by atoms with Crippen molar-refractivity contribution in [2.24, 2.45) is 11.8 Å². The van der Waals surface area contributed by atoms with Crippen LogP contribution in [0.3, 0.4) is 0 Å². The van der Waals surface area contributed by atoms with Crippen molar-refractivity contribution in [3.63, 3.8) is 0 Å². The van der Waals surface area contributed by atoms with Gasteiger partial charge in [0.05, 0.1) is 27.8 Å². The smallest absolute Gasteiger partial charge is 0.396 e. The average molecular weight is 860 g/mol. The summed E-state index contributed by atoms with van der Waals surface area (Å²) in [6.07, 6.45) is -18.3. The Labute approximate surface area is 330 Å². The van der Waals surface area contributed by atoms with Crippen LogP contribution in [0.15, 0.2) is 72.9 Å². The summed E-state index contributed by atoms with van der Waals surface area (Å²) in [6.45, 7) is 3.88. The molecule has 1 amide bonds. The number of nitrogens with one attached hydrogen (secondary N) is 1. The Morgan fingerprint density at radius 3 is 1.60 bits per heavy atom. The summed E-state index contributed by atoms with van der Waals surface area (Å²) in [5.41, 5.74) is -4.50. The van der Waals surface area contributed by atoms with E-state index >= 15 is 0 Å². The van der Waals surface area contributed by atoms with E-state index in [2.05, 4.69) is 10.3 Å². The summed E-state index contributed by atoms with van der Waals surface area (Å²) in [4.78, 5) is 18.9. The van der Waals surface area contributed by atoms with Crippen LogP contribution in [0.2, 0.25) is 5.15 Å². The second kappa shape index (κ2) is 19.6. The lowest BCUT2D eigenvalue weighted by atomic mass is 9.96. The molecule has 0 saturated heterocycles. The van der Waals surface area contributed by atoms with Gasteiger partial charge in [-0.3, -0.25) is 4.79 Å². The van der Waals surface area contributed by atoms with Crippen molar-refractivity contribution >= 4 is 17.5 Å². The van der Waals surface area contributed by atoms with Crippen LogP contribution in [0.25, 0.3) is 11.1 Å². The predicted octanol–water partition coefficient (Wildman–Crippen LogP) is 10.5. The molecular weight excluding hydrogens is 822 g/mol. The lowest BCUT2D eigenvalue weighted by Gasteiger charge is -2.28. The summed E-state index contributed by atoms with van der Waals surface area (Å²) >= 11 is 6.33. The first-order valence-corrected chi connectivity index (χ1v) is 17.6. The molecule has 4 rings (SSSR count). The first kappa shape index (κ1) is 48.0. The number of hydrogen-bond acceptors (Lipinski definition) is 5. The number of aromatic nitrogens is 1. The fourth-order valence-electron chi connectivity index (χ4n) is 5.55. The van der Waals surface area contributed by atoms with Crippen LogP contribution in [0.1, 0.15) is 63.1 Å². The van der Waals surface area contributed by atoms with E-state index in [9.17, 15) is 62.6 Å². The molecule has 318 valence electrons. The molecule has 0 aliphatic heterocycles. The zero-order valence-electron chi connectivity index (χ0n) is 30.9. The van der Waals surface area contributed by atoms with Crippen molar-refractivity contribution in [3.05, 3.63) is 123 Å². The molecule has 0 spiro atoms. The second-order valence-electron chi connectivity index (χ2n) is 13.6. The SMILES string of the molecule is C[C@@H](CO)CNCc1cc(C(F)(F)F)cc(C(F)(F)F)c1.Cc1cnc(Cl)c(C(=O)N(Cc2cc(C(F)(F)F)cc(C(F)(F)F)c2)C[C@@H](C)CO)c1-c1ccccc1. The Kier molecular flexibility index (Phi) is 16.2. The number of halogens is 13. The summed E-state index contributed by atoms with van der Waals surface area (Å²) in [7, 11) is 0. The minimum Gasteiger partial charge on any atom is -0.396 e. The normalized spacial score (nSPS) is 13.4. The minimum atomic E-state index is -5.03. The van der Waals surface area contributed by atoms with Gasteiger partial charge in [-0.25, -0.2) is 4.98 Å². The van der Waals surface area contributed by atoms with E-state index in [1.54, 1.807) is 51.1 Å². The Morgan fingerprint density at radius 1 is 0.724 bits per heavy atom. The first-order chi connectivity index (χ1) is 26.8.